The third-order valence-corrected chi connectivity index (χ3v) is 3.20. The summed E-state index contributed by atoms with van der Waals surface area (Å²) in [6.07, 6.45) is 3.90. The van der Waals surface area contributed by atoms with Crippen molar-refractivity contribution in [3.8, 4) is 0 Å². The maximum atomic E-state index is 5.84. The Morgan fingerprint density at radius 1 is 1.60 bits per heavy atom. The minimum absolute atomic E-state index is 0.455. The zero-order chi connectivity index (χ0) is 7.19. The van der Waals surface area contributed by atoms with Crippen molar-refractivity contribution in [3.05, 3.63) is 0 Å². The molecule has 2 nitrogen and oxygen atoms in total. The first-order chi connectivity index (χ1) is 4.73. The number of rotatable bonds is 1. The second-order valence-corrected chi connectivity index (χ2v) is 3.97. The predicted molar refractivity (Wildman–Crippen MR) is 41.7 cm³/mol. The van der Waals surface area contributed by atoms with Crippen LogP contribution in [0.2, 0.25) is 0 Å². The highest BCUT2D eigenvalue weighted by atomic mass is 15.0. The van der Waals surface area contributed by atoms with E-state index in [1.807, 2.05) is 0 Å². The van der Waals surface area contributed by atoms with Gasteiger partial charge in [0.1, 0.15) is 0 Å². The van der Waals surface area contributed by atoms with E-state index in [9.17, 15) is 0 Å². The molecule has 0 aromatic carbocycles. The Balaban J connectivity index is 1.99. The van der Waals surface area contributed by atoms with E-state index in [-0.39, 0.29) is 0 Å². The molecule has 10 heavy (non-hydrogen) atoms. The van der Waals surface area contributed by atoms with Crippen molar-refractivity contribution >= 4 is 0 Å². The van der Waals surface area contributed by atoms with Crippen LogP contribution in [0.25, 0.3) is 0 Å². The fourth-order valence-electron chi connectivity index (χ4n) is 2.06. The smallest absolute Gasteiger partial charge is 0.0137 e. The molecule has 2 fully saturated rings. The molecule has 1 unspecified atom stereocenters. The Bertz CT molecular complexity index is 140. The van der Waals surface area contributed by atoms with Crippen LogP contribution in [0.1, 0.15) is 26.2 Å². The van der Waals surface area contributed by atoms with Crippen molar-refractivity contribution in [2.45, 2.75) is 38.3 Å². The largest absolute Gasteiger partial charge is 0.327 e. The van der Waals surface area contributed by atoms with Crippen LogP contribution in [-0.4, -0.2) is 18.6 Å². The summed E-state index contributed by atoms with van der Waals surface area (Å²) in [4.78, 5) is 0. The fourth-order valence-corrected chi connectivity index (χ4v) is 2.06. The van der Waals surface area contributed by atoms with E-state index in [1.54, 1.807) is 0 Å². The molecule has 1 saturated carbocycles. The van der Waals surface area contributed by atoms with Crippen molar-refractivity contribution < 1.29 is 0 Å². The van der Waals surface area contributed by atoms with Gasteiger partial charge in [0.15, 0.2) is 0 Å². The molecule has 0 radical (unpaired) electrons. The topological polar surface area (TPSA) is 38.0 Å². The molecule has 58 valence electrons. The van der Waals surface area contributed by atoms with E-state index >= 15 is 0 Å². The SMILES string of the molecule is C[C@]1(C2CCCN2)C[C@@H]1N. The summed E-state index contributed by atoms with van der Waals surface area (Å²) in [7, 11) is 0. The van der Waals surface area contributed by atoms with Gasteiger partial charge in [0.2, 0.25) is 0 Å². The van der Waals surface area contributed by atoms with Gasteiger partial charge < -0.3 is 11.1 Å². The van der Waals surface area contributed by atoms with Crippen LogP contribution in [0.3, 0.4) is 0 Å². The lowest BCUT2D eigenvalue weighted by molar-refractivity contribution is 0.386. The molecule has 0 aromatic rings. The number of nitrogens with two attached hydrogens (primary N) is 1. The molecule has 2 rings (SSSR count). The van der Waals surface area contributed by atoms with Gasteiger partial charge in [-0.3, -0.25) is 0 Å². The maximum absolute atomic E-state index is 5.84. The van der Waals surface area contributed by atoms with Crippen LogP contribution in [-0.2, 0) is 0 Å². The molecule has 0 bridgehead atoms. The average molecular weight is 140 g/mol. The molecule has 0 aromatic heterocycles. The fraction of sp³-hybridized carbons (Fsp3) is 1.00. The minimum atomic E-state index is 0.455. The highest BCUT2D eigenvalue weighted by Crippen LogP contribution is 2.48. The summed E-state index contributed by atoms with van der Waals surface area (Å²) >= 11 is 0. The standard InChI is InChI=1S/C8H16N2/c1-8(5-6(8)9)7-3-2-4-10-7/h6-7,10H,2-5,9H2,1H3/t6-,7?,8-/m0/s1. The van der Waals surface area contributed by atoms with Gasteiger partial charge in [0.25, 0.3) is 0 Å². The van der Waals surface area contributed by atoms with Crippen molar-refractivity contribution in [1.29, 1.82) is 0 Å². The second-order valence-electron chi connectivity index (χ2n) is 3.97. The highest BCUT2D eigenvalue weighted by Gasteiger charge is 2.53. The summed E-state index contributed by atoms with van der Waals surface area (Å²) < 4.78 is 0. The minimum Gasteiger partial charge on any atom is -0.327 e. The van der Waals surface area contributed by atoms with Crippen LogP contribution in [0.15, 0.2) is 0 Å². The van der Waals surface area contributed by atoms with Crippen LogP contribution in [0.5, 0.6) is 0 Å². The molecule has 3 N–H and O–H groups in total. The zero-order valence-electron chi connectivity index (χ0n) is 6.56. The van der Waals surface area contributed by atoms with E-state index < -0.39 is 0 Å². The lowest BCUT2D eigenvalue weighted by atomic mass is 9.97. The Labute approximate surface area is 62.2 Å². The maximum Gasteiger partial charge on any atom is 0.0137 e. The van der Waals surface area contributed by atoms with Crippen LogP contribution < -0.4 is 11.1 Å². The second kappa shape index (κ2) is 1.95. The lowest BCUT2D eigenvalue weighted by Gasteiger charge is -2.18. The van der Waals surface area contributed by atoms with Gasteiger partial charge >= 0.3 is 0 Å². The molecule has 2 aliphatic rings. The monoisotopic (exact) mass is 140 g/mol. The third-order valence-electron chi connectivity index (χ3n) is 3.20. The first kappa shape index (κ1) is 6.62. The summed E-state index contributed by atoms with van der Waals surface area (Å²) in [5, 5.41) is 3.51. The van der Waals surface area contributed by atoms with Gasteiger partial charge in [0.05, 0.1) is 0 Å². The Hall–Kier alpha value is -0.0800. The van der Waals surface area contributed by atoms with Crippen molar-refractivity contribution in [3.63, 3.8) is 0 Å². The summed E-state index contributed by atoms with van der Waals surface area (Å²) in [5.74, 6) is 0. The molecule has 3 atom stereocenters. The zero-order valence-corrected chi connectivity index (χ0v) is 6.56. The van der Waals surface area contributed by atoms with Crippen molar-refractivity contribution in [1.82, 2.24) is 5.32 Å². The molecule has 1 aliphatic carbocycles. The number of hydrogen-bond donors (Lipinski definition) is 2. The van der Waals surface area contributed by atoms with E-state index in [0.29, 0.717) is 11.5 Å². The van der Waals surface area contributed by atoms with E-state index in [1.165, 1.54) is 25.8 Å². The third kappa shape index (κ3) is 0.789. The van der Waals surface area contributed by atoms with Gasteiger partial charge in [0, 0.05) is 12.1 Å². The molecule has 0 amide bonds. The predicted octanol–water partition coefficient (Wildman–Crippen LogP) is 0.476. The quantitative estimate of drug-likeness (QED) is 0.556. The molecule has 1 heterocycles. The lowest BCUT2D eigenvalue weighted by Crippen LogP contribution is -2.33. The molecule has 1 saturated heterocycles. The van der Waals surface area contributed by atoms with E-state index in [4.69, 9.17) is 5.73 Å². The van der Waals surface area contributed by atoms with Gasteiger partial charge in [-0.2, -0.15) is 0 Å². The van der Waals surface area contributed by atoms with Crippen molar-refractivity contribution in [2.75, 3.05) is 6.54 Å². The Morgan fingerprint density at radius 2 is 2.30 bits per heavy atom. The number of hydrogen-bond acceptors (Lipinski definition) is 2. The summed E-state index contributed by atoms with van der Waals surface area (Å²) in [5.41, 5.74) is 6.30. The molecule has 2 heteroatoms. The van der Waals surface area contributed by atoms with E-state index in [0.717, 1.165) is 6.04 Å². The molecular formula is C8H16N2. The first-order valence-corrected chi connectivity index (χ1v) is 4.22. The van der Waals surface area contributed by atoms with Crippen molar-refractivity contribution in [2.24, 2.45) is 11.1 Å². The summed E-state index contributed by atoms with van der Waals surface area (Å²) in [6.45, 7) is 3.51. The van der Waals surface area contributed by atoms with Gasteiger partial charge in [-0.25, -0.2) is 0 Å². The summed E-state index contributed by atoms with van der Waals surface area (Å²) in [6, 6.07) is 1.20. The Morgan fingerprint density at radius 3 is 2.70 bits per heavy atom. The Kier molecular flexibility index (Phi) is 1.29. The van der Waals surface area contributed by atoms with Gasteiger partial charge in [-0.1, -0.05) is 6.92 Å². The van der Waals surface area contributed by atoms with Crippen LogP contribution in [0.4, 0.5) is 0 Å². The average Bonchev–Trinajstić information content (AvgIpc) is 2.35. The molecular weight excluding hydrogens is 124 g/mol. The van der Waals surface area contributed by atoms with Gasteiger partial charge in [-0.15, -0.1) is 0 Å². The van der Waals surface area contributed by atoms with Crippen LogP contribution >= 0.6 is 0 Å². The van der Waals surface area contributed by atoms with E-state index in [2.05, 4.69) is 12.2 Å². The molecule has 0 spiro atoms. The van der Waals surface area contributed by atoms with Crippen LogP contribution in [0, 0.1) is 5.41 Å². The molecule has 1 aliphatic heterocycles. The van der Waals surface area contributed by atoms with Gasteiger partial charge in [-0.05, 0) is 31.2 Å². The number of nitrogens with one attached hydrogen (secondary N) is 1. The first-order valence-electron chi connectivity index (χ1n) is 4.22. The highest BCUT2D eigenvalue weighted by molar-refractivity contribution is 5.10. The normalized spacial score (nSPS) is 53.4.